The van der Waals surface area contributed by atoms with Crippen LogP contribution in [0.15, 0.2) is 4.99 Å². The summed E-state index contributed by atoms with van der Waals surface area (Å²) in [5, 5.41) is 10.9. The third kappa shape index (κ3) is 5.45. The van der Waals surface area contributed by atoms with Gasteiger partial charge in [0, 0.05) is 51.5 Å². The molecule has 1 atom stereocenters. The average molecular weight is 350 g/mol. The molecule has 2 rings (SSSR count). The summed E-state index contributed by atoms with van der Waals surface area (Å²) >= 11 is 0. The van der Waals surface area contributed by atoms with Gasteiger partial charge in [-0.15, -0.1) is 0 Å². The molecule has 1 unspecified atom stereocenters. The van der Waals surface area contributed by atoms with Crippen molar-refractivity contribution in [2.45, 2.75) is 26.8 Å². The molecule has 8 nitrogen and oxygen atoms in total. The molecule has 0 saturated carbocycles. The molecule has 1 aromatic rings. The fourth-order valence-corrected chi connectivity index (χ4v) is 2.68. The molecule has 1 fully saturated rings. The summed E-state index contributed by atoms with van der Waals surface area (Å²) in [6.07, 6.45) is 1.05. The number of guanidine groups is 1. The van der Waals surface area contributed by atoms with Gasteiger partial charge in [0.15, 0.2) is 5.96 Å². The fraction of sp³-hybridized carbons (Fsp3) is 0.706. The van der Waals surface area contributed by atoms with Gasteiger partial charge >= 0.3 is 0 Å². The first kappa shape index (κ1) is 19.2. The number of aliphatic imine (C=N–C) groups is 1. The molecule has 1 aliphatic rings. The third-order valence-corrected chi connectivity index (χ3v) is 4.54. The van der Waals surface area contributed by atoms with Gasteiger partial charge in [-0.2, -0.15) is 5.10 Å². The van der Waals surface area contributed by atoms with Crippen molar-refractivity contribution in [3.63, 3.8) is 0 Å². The standard InChI is InChI=1S/C17H30N6O2/c1-12-15(13(2)23(5)21-12)9-19-17(20-10-16(24)22(3)4)18-8-14-6-7-25-11-14/h14H,6-11H2,1-5H3,(H2,18,19,20). The largest absolute Gasteiger partial charge is 0.381 e. The highest BCUT2D eigenvalue weighted by Crippen LogP contribution is 2.13. The van der Waals surface area contributed by atoms with Crippen LogP contribution in [0, 0.1) is 19.8 Å². The van der Waals surface area contributed by atoms with Gasteiger partial charge in [0.1, 0.15) is 0 Å². The quantitative estimate of drug-likeness (QED) is 0.565. The number of hydrogen-bond donors (Lipinski definition) is 2. The Morgan fingerprint density at radius 2 is 2.16 bits per heavy atom. The predicted octanol–water partition coefficient (Wildman–Crippen LogP) is 0.197. The second kappa shape index (κ2) is 8.84. The number of nitrogens with one attached hydrogen (secondary N) is 2. The van der Waals surface area contributed by atoms with E-state index in [0.717, 1.165) is 43.1 Å². The third-order valence-electron chi connectivity index (χ3n) is 4.54. The van der Waals surface area contributed by atoms with Crippen LogP contribution in [0.1, 0.15) is 23.4 Å². The number of rotatable bonds is 6. The van der Waals surface area contributed by atoms with Crippen molar-refractivity contribution in [3.8, 4) is 0 Å². The second-order valence-electron chi connectivity index (χ2n) is 6.69. The van der Waals surface area contributed by atoms with Gasteiger partial charge < -0.3 is 20.3 Å². The zero-order valence-electron chi connectivity index (χ0n) is 15.9. The van der Waals surface area contributed by atoms with E-state index in [2.05, 4.69) is 20.7 Å². The van der Waals surface area contributed by atoms with Crippen LogP contribution in [-0.4, -0.2) is 66.9 Å². The average Bonchev–Trinajstić information content (AvgIpc) is 3.16. The summed E-state index contributed by atoms with van der Waals surface area (Å²) in [4.78, 5) is 18.1. The lowest BCUT2D eigenvalue weighted by atomic mass is 10.1. The topological polar surface area (TPSA) is 83.8 Å². The summed E-state index contributed by atoms with van der Waals surface area (Å²) in [6.45, 7) is 7.15. The zero-order valence-corrected chi connectivity index (χ0v) is 15.9. The van der Waals surface area contributed by atoms with Crippen LogP contribution in [0.2, 0.25) is 0 Å². The SMILES string of the molecule is Cc1nn(C)c(C)c1CN=C(NCC(=O)N(C)C)NCC1CCOC1. The Labute approximate surface area is 149 Å². The van der Waals surface area contributed by atoms with Gasteiger partial charge in [0.05, 0.1) is 25.4 Å². The van der Waals surface area contributed by atoms with E-state index in [-0.39, 0.29) is 12.5 Å². The normalized spacial score (nSPS) is 17.6. The number of likely N-dealkylation sites (N-methyl/N-ethyl adjacent to an activating group) is 1. The molecule has 0 spiro atoms. The van der Waals surface area contributed by atoms with E-state index >= 15 is 0 Å². The molecule has 0 aromatic carbocycles. The molecule has 1 aromatic heterocycles. The van der Waals surface area contributed by atoms with E-state index in [1.54, 1.807) is 19.0 Å². The van der Waals surface area contributed by atoms with Gasteiger partial charge in [-0.25, -0.2) is 4.99 Å². The van der Waals surface area contributed by atoms with Crippen LogP contribution in [0.5, 0.6) is 0 Å². The molecule has 140 valence electrons. The Morgan fingerprint density at radius 1 is 1.40 bits per heavy atom. The smallest absolute Gasteiger partial charge is 0.241 e. The maximum absolute atomic E-state index is 11.8. The van der Waals surface area contributed by atoms with E-state index in [1.807, 2.05) is 25.6 Å². The number of aryl methyl sites for hydroxylation is 2. The first-order chi connectivity index (χ1) is 11.9. The highest BCUT2D eigenvalue weighted by molar-refractivity contribution is 5.86. The Hall–Kier alpha value is -2.09. The number of carbonyl (C=O) groups is 1. The summed E-state index contributed by atoms with van der Waals surface area (Å²) in [7, 11) is 5.42. The first-order valence-corrected chi connectivity index (χ1v) is 8.67. The van der Waals surface area contributed by atoms with Crippen molar-refractivity contribution in [1.82, 2.24) is 25.3 Å². The summed E-state index contributed by atoms with van der Waals surface area (Å²) in [5.74, 6) is 1.13. The van der Waals surface area contributed by atoms with E-state index in [1.165, 1.54) is 0 Å². The van der Waals surface area contributed by atoms with E-state index in [9.17, 15) is 4.79 Å². The lowest BCUT2D eigenvalue weighted by molar-refractivity contribution is -0.127. The van der Waals surface area contributed by atoms with Crippen molar-refractivity contribution in [2.24, 2.45) is 18.0 Å². The van der Waals surface area contributed by atoms with Gasteiger partial charge in [-0.1, -0.05) is 0 Å². The molecule has 1 amide bonds. The van der Waals surface area contributed by atoms with Gasteiger partial charge in [-0.3, -0.25) is 9.48 Å². The number of nitrogens with zero attached hydrogens (tertiary/aromatic N) is 4. The van der Waals surface area contributed by atoms with Crippen LogP contribution in [-0.2, 0) is 23.1 Å². The molecular formula is C17H30N6O2. The van der Waals surface area contributed by atoms with Crippen molar-refractivity contribution in [2.75, 3.05) is 40.4 Å². The molecular weight excluding hydrogens is 320 g/mol. The maximum atomic E-state index is 11.8. The molecule has 0 radical (unpaired) electrons. The first-order valence-electron chi connectivity index (χ1n) is 8.67. The predicted molar refractivity (Wildman–Crippen MR) is 97.4 cm³/mol. The Kier molecular flexibility index (Phi) is 6.81. The second-order valence-corrected chi connectivity index (χ2v) is 6.69. The summed E-state index contributed by atoms with van der Waals surface area (Å²) < 4.78 is 7.28. The van der Waals surface area contributed by atoms with Crippen LogP contribution in [0.4, 0.5) is 0 Å². The lowest BCUT2D eigenvalue weighted by Gasteiger charge is -2.16. The van der Waals surface area contributed by atoms with Crippen LogP contribution >= 0.6 is 0 Å². The molecule has 1 saturated heterocycles. The van der Waals surface area contributed by atoms with Crippen LogP contribution in [0.25, 0.3) is 0 Å². The summed E-state index contributed by atoms with van der Waals surface area (Å²) in [5.41, 5.74) is 3.21. The molecule has 1 aliphatic heterocycles. The van der Waals surface area contributed by atoms with Crippen LogP contribution < -0.4 is 10.6 Å². The fourth-order valence-electron chi connectivity index (χ4n) is 2.68. The van der Waals surface area contributed by atoms with Crippen LogP contribution in [0.3, 0.4) is 0 Å². The van der Waals surface area contributed by atoms with Gasteiger partial charge in [0.25, 0.3) is 0 Å². The number of amides is 1. The van der Waals surface area contributed by atoms with Crippen molar-refractivity contribution < 1.29 is 9.53 Å². The monoisotopic (exact) mass is 350 g/mol. The van der Waals surface area contributed by atoms with E-state index in [4.69, 9.17) is 4.74 Å². The number of carbonyl (C=O) groups excluding carboxylic acids is 1. The van der Waals surface area contributed by atoms with Gasteiger partial charge in [-0.05, 0) is 20.3 Å². The highest BCUT2D eigenvalue weighted by Gasteiger charge is 2.16. The van der Waals surface area contributed by atoms with Crippen molar-refractivity contribution in [1.29, 1.82) is 0 Å². The molecule has 8 heteroatoms. The zero-order chi connectivity index (χ0) is 18.4. The van der Waals surface area contributed by atoms with Crippen molar-refractivity contribution >= 4 is 11.9 Å². The van der Waals surface area contributed by atoms with E-state index < -0.39 is 0 Å². The number of ether oxygens (including phenoxy) is 1. The lowest BCUT2D eigenvalue weighted by Crippen LogP contribution is -2.44. The highest BCUT2D eigenvalue weighted by atomic mass is 16.5. The van der Waals surface area contributed by atoms with E-state index in [0.29, 0.717) is 18.4 Å². The number of aromatic nitrogens is 2. The minimum Gasteiger partial charge on any atom is -0.381 e. The molecule has 2 heterocycles. The van der Waals surface area contributed by atoms with Gasteiger partial charge in [0.2, 0.25) is 5.91 Å². The minimum atomic E-state index is 0.00689. The molecule has 0 aliphatic carbocycles. The molecule has 0 bridgehead atoms. The van der Waals surface area contributed by atoms with Crippen molar-refractivity contribution in [3.05, 3.63) is 17.0 Å². The summed E-state index contributed by atoms with van der Waals surface area (Å²) in [6, 6.07) is 0. The molecule has 2 N–H and O–H groups in total. The number of hydrogen-bond acceptors (Lipinski definition) is 4. The Bertz CT molecular complexity index is 617. The Balaban J connectivity index is 2.01. The maximum Gasteiger partial charge on any atom is 0.241 e. The molecule has 25 heavy (non-hydrogen) atoms. The minimum absolute atomic E-state index is 0.00689. The Morgan fingerprint density at radius 3 is 2.72 bits per heavy atom.